The monoisotopic (exact) mass is 534 g/mol. The predicted octanol–water partition coefficient (Wildman–Crippen LogP) is 4.76. The van der Waals surface area contributed by atoms with E-state index in [2.05, 4.69) is 15.0 Å². The Morgan fingerprint density at radius 2 is 1.81 bits per heavy atom. The van der Waals surface area contributed by atoms with Gasteiger partial charge in [0.1, 0.15) is 11.8 Å². The number of ether oxygens (including phenoxy) is 4. The van der Waals surface area contributed by atoms with Crippen molar-refractivity contribution in [2.45, 2.75) is 37.6 Å². The van der Waals surface area contributed by atoms with E-state index in [0.29, 0.717) is 0 Å². The van der Waals surface area contributed by atoms with Gasteiger partial charge in [-0.3, -0.25) is 4.79 Å². The highest BCUT2D eigenvalue weighted by Gasteiger charge is 2.66. The topological polar surface area (TPSA) is 96.0 Å². The maximum Gasteiger partial charge on any atom is 0.417 e. The number of nitrogens with one attached hydrogen (secondary N) is 1. The minimum absolute atomic E-state index is 0.0527. The first-order chi connectivity index (χ1) is 16.8. The summed E-state index contributed by atoms with van der Waals surface area (Å²) in [5, 5.41) is 2.20. The molecular weight excluding hydrogens is 512 g/mol. The molecule has 1 fully saturated rings. The van der Waals surface area contributed by atoms with Gasteiger partial charge in [0, 0.05) is 29.3 Å². The van der Waals surface area contributed by atoms with E-state index in [0.717, 1.165) is 21.1 Å². The number of pyridine rings is 1. The van der Waals surface area contributed by atoms with Crippen LogP contribution in [0.2, 0.25) is 5.02 Å². The van der Waals surface area contributed by atoms with Crippen molar-refractivity contribution in [1.82, 2.24) is 4.98 Å². The summed E-state index contributed by atoms with van der Waals surface area (Å²) in [5.41, 5.74) is -2.97. The molecule has 0 unspecified atom stereocenters. The van der Waals surface area contributed by atoms with Gasteiger partial charge in [-0.25, -0.2) is 9.78 Å². The van der Waals surface area contributed by atoms with Gasteiger partial charge >= 0.3 is 12.1 Å². The number of amides is 1. The molecule has 3 rings (SSSR count). The fraction of sp³-hybridized carbons (Fsp3) is 0.435. The quantitative estimate of drug-likeness (QED) is 0.422. The standard InChI is InChI=1S/C23H23ClF4N2O6/c1-10-15(12-9-13(24)18(34-4)16(25)17(12)33-3)19(36-22(10,2)23(26,27)28)20(31)30-11-6-7-29-14(8-11)21(32)35-5/h6-10,15,19H,1-5H3,(H,29,30,31)/t10-,15-,19+,22+/m0/s1. The lowest BCUT2D eigenvalue weighted by Gasteiger charge is -2.32. The van der Waals surface area contributed by atoms with Crippen molar-refractivity contribution in [2.24, 2.45) is 5.92 Å². The third-order valence-electron chi connectivity index (χ3n) is 6.28. The van der Waals surface area contributed by atoms with Crippen LogP contribution in [0.25, 0.3) is 0 Å². The van der Waals surface area contributed by atoms with Crippen molar-refractivity contribution in [3.8, 4) is 11.5 Å². The SMILES string of the molecule is COC(=O)c1cc(NC(=O)[C@@H]2O[C@@](C)(C(F)(F)F)[C@@H](C)[C@H]2c2cc(Cl)c(OC)c(F)c2OC)ccn1. The number of carbonyl (C=O) groups excluding carboxylic acids is 2. The van der Waals surface area contributed by atoms with E-state index in [1.807, 2.05) is 0 Å². The summed E-state index contributed by atoms with van der Waals surface area (Å²) in [7, 11) is 3.43. The number of hydrogen-bond acceptors (Lipinski definition) is 7. The Labute approximate surface area is 208 Å². The summed E-state index contributed by atoms with van der Waals surface area (Å²) < 4.78 is 77.5. The molecule has 2 aromatic rings. The molecule has 1 amide bonds. The minimum Gasteiger partial charge on any atom is -0.493 e. The van der Waals surface area contributed by atoms with Gasteiger partial charge in [0.15, 0.2) is 17.1 Å². The molecule has 1 aliphatic heterocycles. The number of hydrogen-bond donors (Lipinski definition) is 1. The zero-order valence-corrected chi connectivity index (χ0v) is 20.6. The molecule has 1 saturated heterocycles. The molecule has 1 aliphatic rings. The van der Waals surface area contributed by atoms with E-state index >= 15 is 4.39 Å². The second kappa shape index (κ2) is 10.1. The van der Waals surface area contributed by atoms with Gasteiger partial charge in [-0.15, -0.1) is 0 Å². The van der Waals surface area contributed by atoms with Crippen LogP contribution in [0.4, 0.5) is 23.2 Å². The van der Waals surface area contributed by atoms with E-state index in [1.54, 1.807) is 0 Å². The lowest BCUT2D eigenvalue weighted by atomic mass is 9.77. The number of methoxy groups -OCH3 is 3. The van der Waals surface area contributed by atoms with Crippen LogP contribution in [0.1, 0.15) is 35.8 Å². The summed E-state index contributed by atoms with van der Waals surface area (Å²) >= 11 is 6.13. The first-order valence-electron chi connectivity index (χ1n) is 10.5. The lowest BCUT2D eigenvalue weighted by Crippen LogP contribution is -2.47. The molecule has 0 spiro atoms. The van der Waals surface area contributed by atoms with E-state index < -0.39 is 53.2 Å². The molecule has 2 heterocycles. The molecule has 1 aromatic carbocycles. The van der Waals surface area contributed by atoms with Crippen molar-refractivity contribution < 1.29 is 46.1 Å². The molecule has 0 radical (unpaired) electrons. The zero-order chi connectivity index (χ0) is 27.0. The van der Waals surface area contributed by atoms with Crippen LogP contribution in [-0.4, -0.2) is 56.1 Å². The number of nitrogens with zero attached hydrogens (tertiary/aromatic N) is 1. The Morgan fingerprint density at radius 3 is 2.36 bits per heavy atom. The highest BCUT2D eigenvalue weighted by Crippen LogP contribution is 2.56. The first kappa shape index (κ1) is 27.5. The van der Waals surface area contributed by atoms with Gasteiger partial charge in [0.25, 0.3) is 5.91 Å². The van der Waals surface area contributed by atoms with Gasteiger partial charge in [0.05, 0.1) is 26.4 Å². The van der Waals surface area contributed by atoms with Crippen molar-refractivity contribution >= 4 is 29.2 Å². The Morgan fingerprint density at radius 1 is 1.17 bits per heavy atom. The van der Waals surface area contributed by atoms with E-state index in [-0.39, 0.29) is 27.7 Å². The maximum absolute atomic E-state index is 15.1. The molecule has 13 heteroatoms. The van der Waals surface area contributed by atoms with Crippen molar-refractivity contribution in [3.63, 3.8) is 0 Å². The number of carbonyl (C=O) groups is 2. The van der Waals surface area contributed by atoms with Gasteiger partial charge < -0.3 is 24.3 Å². The first-order valence-corrected chi connectivity index (χ1v) is 10.9. The molecule has 196 valence electrons. The number of benzene rings is 1. The minimum atomic E-state index is -4.88. The molecule has 1 aromatic heterocycles. The Bertz CT molecular complexity index is 1180. The molecule has 0 bridgehead atoms. The second-order valence-corrected chi connectivity index (χ2v) is 8.60. The van der Waals surface area contributed by atoms with Gasteiger partial charge in [-0.05, 0) is 25.1 Å². The summed E-state index contributed by atoms with van der Waals surface area (Å²) in [4.78, 5) is 28.8. The third kappa shape index (κ3) is 4.66. The molecule has 1 N–H and O–H groups in total. The van der Waals surface area contributed by atoms with Crippen LogP contribution in [0.5, 0.6) is 11.5 Å². The lowest BCUT2D eigenvalue weighted by molar-refractivity contribution is -0.272. The van der Waals surface area contributed by atoms with Gasteiger partial charge in [-0.2, -0.15) is 17.6 Å². The zero-order valence-electron chi connectivity index (χ0n) is 19.8. The number of halogens is 5. The number of rotatable bonds is 6. The molecule has 0 aliphatic carbocycles. The van der Waals surface area contributed by atoms with Crippen LogP contribution >= 0.6 is 11.6 Å². The highest BCUT2D eigenvalue weighted by molar-refractivity contribution is 6.32. The summed E-state index contributed by atoms with van der Waals surface area (Å²) in [6.07, 6.45) is -5.42. The van der Waals surface area contributed by atoms with Crippen LogP contribution < -0.4 is 14.8 Å². The fourth-order valence-electron chi connectivity index (χ4n) is 4.21. The van der Waals surface area contributed by atoms with E-state index in [9.17, 15) is 22.8 Å². The Balaban J connectivity index is 2.11. The highest BCUT2D eigenvalue weighted by atomic mass is 35.5. The molecule has 0 saturated carbocycles. The average Bonchev–Trinajstić information content (AvgIpc) is 3.10. The number of aromatic nitrogens is 1. The van der Waals surface area contributed by atoms with Crippen LogP contribution in [0.3, 0.4) is 0 Å². The molecule has 8 nitrogen and oxygen atoms in total. The molecular formula is C23H23ClF4N2O6. The normalized spacial score (nSPS) is 23.8. The average molecular weight is 535 g/mol. The van der Waals surface area contributed by atoms with Crippen LogP contribution in [0.15, 0.2) is 24.4 Å². The molecule has 36 heavy (non-hydrogen) atoms. The number of esters is 1. The summed E-state index contributed by atoms with van der Waals surface area (Å²) in [5.74, 6) is -6.32. The van der Waals surface area contributed by atoms with E-state index in [1.165, 1.54) is 38.4 Å². The molecule has 4 atom stereocenters. The van der Waals surface area contributed by atoms with Crippen LogP contribution in [0, 0.1) is 11.7 Å². The summed E-state index contributed by atoms with van der Waals surface area (Å²) in [6.45, 7) is 2.05. The van der Waals surface area contributed by atoms with Crippen LogP contribution in [-0.2, 0) is 14.3 Å². The maximum atomic E-state index is 15.1. The summed E-state index contributed by atoms with van der Waals surface area (Å²) in [6, 6.07) is 3.70. The largest absolute Gasteiger partial charge is 0.493 e. The number of alkyl halides is 3. The second-order valence-electron chi connectivity index (χ2n) is 8.20. The van der Waals surface area contributed by atoms with Crippen molar-refractivity contribution in [2.75, 3.05) is 26.6 Å². The van der Waals surface area contributed by atoms with Gasteiger partial charge in [0.2, 0.25) is 5.82 Å². The Hall–Kier alpha value is -3.12. The number of anilines is 1. The van der Waals surface area contributed by atoms with Crippen molar-refractivity contribution in [1.29, 1.82) is 0 Å². The van der Waals surface area contributed by atoms with Crippen molar-refractivity contribution in [3.05, 3.63) is 46.5 Å². The fourth-order valence-corrected chi connectivity index (χ4v) is 4.48. The predicted molar refractivity (Wildman–Crippen MR) is 120 cm³/mol. The smallest absolute Gasteiger partial charge is 0.417 e. The third-order valence-corrected chi connectivity index (χ3v) is 6.56. The van der Waals surface area contributed by atoms with E-state index in [4.69, 9.17) is 25.8 Å². The van der Waals surface area contributed by atoms with Gasteiger partial charge in [-0.1, -0.05) is 18.5 Å². The Kier molecular flexibility index (Phi) is 7.70.